The lowest BCUT2D eigenvalue weighted by atomic mass is 10.2. The minimum Gasteiger partial charge on any atom is -0.366 e. The molecule has 0 unspecified atom stereocenters. The monoisotopic (exact) mass is 339 g/mol. The van der Waals surface area contributed by atoms with Crippen molar-refractivity contribution in [1.82, 2.24) is 15.0 Å². The lowest BCUT2D eigenvalue weighted by Gasteiger charge is -2.10. The lowest BCUT2D eigenvalue weighted by molar-refractivity contribution is 1.01. The third-order valence-electron chi connectivity index (χ3n) is 3.44. The molecule has 0 aliphatic heterocycles. The van der Waals surface area contributed by atoms with Crippen LogP contribution in [0.25, 0.3) is 0 Å². The predicted molar refractivity (Wildman–Crippen MR) is 97.1 cm³/mol. The van der Waals surface area contributed by atoms with Gasteiger partial charge >= 0.3 is 0 Å². The van der Waals surface area contributed by atoms with Crippen LogP contribution in [0.5, 0.6) is 0 Å². The number of hydrogen-bond acceptors (Lipinski definition) is 5. The molecule has 1 aromatic carbocycles. The van der Waals surface area contributed by atoms with Gasteiger partial charge in [0.2, 0.25) is 5.95 Å². The average molecular weight is 340 g/mol. The molecule has 0 spiro atoms. The molecule has 2 N–H and O–H groups in total. The van der Waals surface area contributed by atoms with Crippen molar-refractivity contribution in [2.45, 2.75) is 20.0 Å². The maximum Gasteiger partial charge on any atom is 0.225 e. The van der Waals surface area contributed by atoms with E-state index in [1.54, 1.807) is 12.4 Å². The van der Waals surface area contributed by atoms with Crippen LogP contribution in [0.15, 0.2) is 54.9 Å². The molecule has 3 aromatic rings. The predicted octanol–water partition coefficient (Wildman–Crippen LogP) is 4.06. The number of benzene rings is 1. The Hall–Kier alpha value is -2.66. The van der Waals surface area contributed by atoms with Crippen LogP contribution in [0, 0.1) is 6.92 Å². The summed E-state index contributed by atoms with van der Waals surface area (Å²) in [5.41, 5.74) is 3.17. The number of hydrogen-bond donors (Lipinski definition) is 2. The number of rotatable bonds is 6. The summed E-state index contributed by atoms with van der Waals surface area (Å²) < 4.78 is 0. The highest BCUT2D eigenvalue weighted by molar-refractivity contribution is 6.30. The molecular formula is C18H18ClN5. The van der Waals surface area contributed by atoms with Crippen molar-refractivity contribution >= 4 is 23.4 Å². The molecule has 0 saturated heterocycles. The fraction of sp³-hybridized carbons (Fsp3) is 0.167. The smallest absolute Gasteiger partial charge is 0.225 e. The number of aryl methyl sites for hydroxylation is 1. The molecule has 5 nitrogen and oxygen atoms in total. The first-order valence-corrected chi connectivity index (χ1v) is 8.03. The molecule has 122 valence electrons. The summed E-state index contributed by atoms with van der Waals surface area (Å²) in [5, 5.41) is 7.29. The van der Waals surface area contributed by atoms with Gasteiger partial charge in [-0.05, 0) is 42.3 Å². The van der Waals surface area contributed by atoms with Gasteiger partial charge in [0.05, 0.1) is 0 Å². The van der Waals surface area contributed by atoms with Crippen molar-refractivity contribution < 1.29 is 0 Å². The molecule has 0 atom stereocenters. The molecule has 2 heterocycles. The van der Waals surface area contributed by atoms with Crippen LogP contribution in [0.4, 0.5) is 11.8 Å². The van der Waals surface area contributed by atoms with Gasteiger partial charge in [0.25, 0.3) is 0 Å². The average Bonchev–Trinajstić information content (AvgIpc) is 2.60. The summed E-state index contributed by atoms with van der Waals surface area (Å²) in [6, 6.07) is 13.6. The van der Waals surface area contributed by atoms with E-state index in [0.29, 0.717) is 19.0 Å². The van der Waals surface area contributed by atoms with E-state index in [-0.39, 0.29) is 0 Å². The third-order valence-corrected chi connectivity index (χ3v) is 3.69. The summed E-state index contributed by atoms with van der Waals surface area (Å²) >= 11 is 5.90. The van der Waals surface area contributed by atoms with Crippen LogP contribution in [0.1, 0.15) is 16.8 Å². The Morgan fingerprint density at radius 1 is 0.875 bits per heavy atom. The topological polar surface area (TPSA) is 62.7 Å². The standard InChI is InChI=1S/C18H18ClN5/c1-13-10-17(21-11-15-6-8-20-9-7-15)24-18(23-13)22-12-14-2-4-16(19)5-3-14/h2-10H,11-12H2,1H3,(H2,21,22,23,24). The number of nitrogens with one attached hydrogen (secondary N) is 2. The van der Waals surface area contributed by atoms with E-state index < -0.39 is 0 Å². The Morgan fingerprint density at radius 2 is 1.54 bits per heavy atom. The van der Waals surface area contributed by atoms with E-state index in [0.717, 1.165) is 27.7 Å². The first-order valence-electron chi connectivity index (χ1n) is 7.66. The van der Waals surface area contributed by atoms with Crippen molar-refractivity contribution in [2.24, 2.45) is 0 Å². The highest BCUT2D eigenvalue weighted by Gasteiger charge is 2.03. The molecule has 24 heavy (non-hydrogen) atoms. The van der Waals surface area contributed by atoms with Gasteiger partial charge in [0.1, 0.15) is 5.82 Å². The number of nitrogens with zero attached hydrogens (tertiary/aromatic N) is 3. The SMILES string of the molecule is Cc1cc(NCc2ccncc2)nc(NCc2ccc(Cl)cc2)n1. The van der Waals surface area contributed by atoms with Crippen LogP contribution in [0.3, 0.4) is 0 Å². The van der Waals surface area contributed by atoms with Crippen molar-refractivity contribution in [2.75, 3.05) is 10.6 Å². The van der Waals surface area contributed by atoms with E-state index in [9.17, 15) is 0 Å². The van der Waals surface area contributed by atoms with Crippen molar-refractivity contribution in [3.8, 4) is 0 Å². The first kappa shape index (κ1) is 16.2. The Balaban J connectivity index is 1.63. The van der Waals surface area contributed by atoms with Gasteiger partial charge in [0, 0.05) is 42.3 Å². The maximum absolute atomic E-state index is 5.90. The van der Waals surface area contributed by atoms with E-state index in [4.69, 9.17) is 11.6 Å². The number of halogens is 1. The van der Waals surface area contributed by atoms with Crippen LogP contribution in [-0.2, 0) is 13.1 Å². The second-order valence-corrected chi connectivity index (χ2v) is 5.84. The van der Waals surface area contributed by atoms with Gasteiger partial charge in [-0.3, -0.25) is 4.98 Å². The number of anilines is 2. The van der Waals surface area contributed by atoms with Crippen molar-refractivity contribution in [3.05, 3.63) is 76.7 Å². The van der Waals surface area contributed by atoms with Crippen LogP contribution in [0.2, 0.25) is 5.02 Å². The van der Waals surface area contributed by atoms with Gasteiger partial charge < -0.3 is 10.6 Å². The molecule has 2 aromatic heterocycles. The largest absolute Gasteiger partial charge is 0.366 e. The Labute approximate surface area is 146 Å². The molecule has 0 bridgehead atoms. The van der Waals surface area contributed by atoms with Crippen molar-refractivity contribution in [1.29, 1.82) is 0 Å². The summed E-state index contributed by atoms with van der Waals surface area (Å²) in [4.78, 5) is 12.9. The Bertz CT molecular complexity index is 790. The van der Waals surface area contributed by atoms with E-state index in [2.05, 4.69) is 25.6 Å². The van der Waals surface area contributed by atoms with Gasteiger partial charge in [-0.25, -0.2) is 4.98 Å². The molecular weight excluding hydrogens is 322 g/mol. The van der Waals surface area contributed by atoms with E-state index in [1.807, 2.05) is 49.4 Å². The zero-order valence-corrected chi connectivity index (χ0v) is 14.1. The first-order chi connectivity index (χ1) is 11.7. The fourth-order valence-electron chi connectivity index (χ4n) is 2.21. The maximum atomic E-state index is 5.90. The van der Waals surface area contributed by atoms with Gasteiger partial charge in [-0.15, -0.1) is 0 Å². The minimum atomic E-state index is 0.599. The second kappa shape index (κ2) is 7.75. The fourth-order valence-corrected chi connectivity index (χ4v) is 2.34. The molecule has 0 saturated carbocycles. The molecule has 0 aliphatic rings. The third kappa shape index (κ3) is 4.67. The molecule has 6 heteroatoms. The molecule has 0 fully saturated rings. The molecule has 0 aliphatic carbocycles. The van der Waals surface area contributed by atoms with Crippen LogP contribution in [-0.4, -0.2) is 15.0 Å². The second-order valence-electron chi connectivity index (χ2n) is 5.41. The van der Waals surface area contributed by atoms with Gasteiger partial charge in [0.15, 0.2) is 0 Å². The summed E-state index contributed by atoms with van der Waals surface area (Å²) in [5.74, 6) is 1.39. The number of pyridine rings is 1. The highest BCUT2D eigenvalue weighted by atomic mass is 35.5. The molecule has 0 amide bonds. The van der Waals surface area contributed by atoms with Crippen LogP contribution >= 0.6 is 11.6 Å². The lowest BCUT2D eigenvalue weighted by Crippen LogP contribution is -2.08. The highest BCUT2D eigenvalue weighted by Crippen LogP contribution is 2.13. The zero-order valence-electron chi connectivity index (χ0n) is 13.3. The van der Waals surface area contributed by atoms with E-state index in [1.165, 1.54) is 0 Å². The Kier molecular flexibility index (Phi) is 5.23. The zero-order chi connectivity index (χ0) is 16.8. The van der Waals surface area contributed by atoms with Crippen LogP contribution < -0.4 is 10.6 Å². The molecule has 0 radical (unpaired) electrons. The quantitative estimate of drug-likeness (QED) is 0.709. The van der Waals surface area contributed by atoms with Gasteiger partial charge in [-0.1, -0.05) is 23.7 Å². The van der Waals surface area contributed by atoms with Gasteiger partial charge in [-0.2, -0.15) is 4.98 Å². The summed E-state index contributed by atoms with van der Waals surface area (Å²) in [6.45, 7) is 3.28. The summed E-state index contributed by atoms with van der Waals surface area (Å²) in [7, 11) is 0. The summed E-state index contributed by atoms with van der Waals surface area (Å²) in [6.07, 6.45) is 3.56. The normalized spacial score (nSPS) is 10.4. The van der Waals surface area contributed by atoms with E-state index >= 15 is 0 Å². The van der Waals surface area contributed by atoms with Crippen molar-refractivity contribution in [3.63, 3.8) is 0 Å². The minimum absolute atomic E-state index is 0.599. The molecule has 3 rings (SSSR count). The number of aromatic nitrogens is 3. The Morgan fingerprint density at radius 3 is 2.29 bits per heavy atom.